The van der Waals surface area contributed by atoms with Gasteiger partial charge < -0.3 is 24.8 Å². The fourth-order valence-corrected chi connectivity index (χ4v) is 3.29. The summed E-state index contributed by atoms with van der Waals surface area (Å²) in [6.45, 7) is 6.93. The Morgan fingerprint density at radius 3 is 2.53 bits per heavy atom. The summed E-state index contributed by atoms with van der Waals surface area (Å²) in [4.78, 5) is 26.2. The first-order valence-corrected chi connectivity index (χ1v) is 11.6. The van der Waals surface area contributed by atoms with Gasteiger partial charge in [-0.05, 0) is 62.2 Å². The Kier molecular flexibility index (Phi) is 9.23. The molecule has 11 nitrogen and oxygen atoms in total. The normalized spacial score (nSPS) is 10.8. The summed E-state index contributed by atoms with van der Waals surface area (Å²) in [5, 5.41) is 16.8. The van der Waals surface area contributed by atoms with Crippen molar-refractivity contribution < 1.29 is 19.4 Å². The number of halogens is 1. The van der Waals surface area contributed by atoms with Crippen LogP contribution < -0.4 is 25.1 Å². The van der Waals surface area contributed by atoms with Gasteiger partial charge in [-0.15, -0.1) is 0 Å². The highest BCUT2D eigenvalue weighted by Gasteiger charge is 2.12. The fraction of sp³-hybridized carbons (Fsp3) is 0.292. The first-order valence-electron chi connectivity index (χ1n) is 11.2. The fourth-order valence-electron chi connectivity index (χ4n) is 3.11. The van der Waals surface area contributed by atoms with Gasteiger partial charge >= 0.3 is 5.97 Å². The minimum atomic E-state index is -1.08. The zero-order valence-electron chi connectivity index (χ0n) is 20.4. The second-order valence-corrected chi connectivity index (χ2v) is 7.91. The summed E-state index contributed by atoms with van der Waals surface area (Å²) in [5.41, 5.74) is 5.24. The third-order valence-electron chi connectivity index (χ3n) is 5.01. The van der Waals surface area contributed by atoms with Gasteiger partial charge in [-0.1, -0.05) is 17.7 Å². The second-order valence-electron chi connectivity index (χ2n) is 7.51. The molecule has 0 fully saturated rings. The van der Waals surface area contributed by atoms with E-state index in [0.29, 0.717) is 34.0 Å². The van der Waals surface area contributed by atoms with Crippen molar-refractivity contribution in [3.8, 4) is 11.5 Å². The molecule has 1 heterocycles. The van der Waals surface area contributed by atoms with Crippen molar-refractivity contribution in [2.45, 2.75) is 20.8 Å². The average molecular weight is 514 g/mol. The van der Waals surface area contributed by atoms with Gasteiger partial charge in [-0.2, -0.15) is 20.1 Å². The zero-order valence-corrected chi connectivity index (χ0v) is 21.2. The summed E-state index contributed by atoms with van der Waals surface area (Å²) >= 11 is 6.25. The molecule has 1 aromatic heterocycles. The Balaban J connectivity index is 1.81. The molecular formula is C24H28ClN7O4. The Hall–Kier alpha value is -4.12. The minimum Gasteiger partial charge on any atom is -0.493 e. The third-order valence-corrected chi connectivity index (χ3v) is 5.42. The molecule has 0 saturated carbocycles. The molecule has 3 rings (SSSR count). The maximum Gasteiger partial charge on any atom is 0.341 e. The summed E-state index contributed by atoms with van der Waals surface area (Å²) in [6, 6.07) is 10.6. The smallest absolute Gasteiger partial charge is 0.341 e. The van der Waals surface area contributed by atoms with Crippen molar-refractivity contribution in [2.24, 2.45) is 5.10 Å². The van der Waals surface area contributed by atoms with Gasteiger partial charge in [0.15, 0.2) is 18.1 Å². The second kappa shape index (κ2) is 12.5. The van der Waals surface area contributed by atoms with E-state index in [1.807, 2.05) is 37.8 Å². The predicted octanol–water partition coefficient (Wildman–Crippen LogP) is 4.34. The number of anilines is 4. The number of nitrogens with zero attached hydrogens (tertiary/aromatic N) is 5. The van der Waals surface area contributed by atoms with Gasteiger partial charge in [-0.25, -0.2) is 10.2 Å². The van der Waals surface area contributed by atoms with Gasteiger partial charge in [0.2, 0.25) is 17.8 Å². The number of rotatable bonds is 12. The lowest BCUT2D eigenvalue weighted by Crippen LogP contribution is -2.25. The molecule has 0 radical (unpaired) electrons. The van der Waals surface area contributed by atoms with Crippen molar-refractivity contribution >= 4 is 47.3 Å². The molecule has 0 amide bonds. The largest absolute Gasteiger partial charge is 0.493 e. The molecule has 0 aliphatic carbocycles. The quantitative estimate of drug-likeness (QED) is 0.237. The number of methoxy groups -OCH3 is 1. The summed E-state index contributed by atoms with van der Waals surface area (Å²) in [7, 11) is 1.47. The first-order chi connectivity index (χ1) is 17.3. The van der Waals surface area contributed by atoms with Crippen LogP contribution in [0.2, 0.25) is 5.02 Å². The van der Waals surface area contributed by atoms with Gasteiger partial charge in [0.1, 0.15) is 0 Å². The van der Waals surface area contributed by atoms with Crippen LogP contribution in [-0.4, -0.2) is 59.0 Å². The highest BCUT2D eigenvalue weighted by Crippen LogP contribution is 2.27. The Morgan fingerprint density at radius 1 is 1.11 bits per heavy atom. The van der Waals surface area contributed by atoms with Crippen LogP contribution in [0.1, 0.15) is 25.0 Å². The van der Waals surface area contributed by atoms with Gasteiger partial charge in [0.25, 0.3) is 0 Å². The van der Waals surface area contributed by atoms with E-state index in [4.69, 9.17) is 26.2 Å². The van der Waals surface area contributed by atoms with Crippen LogP contribution in [-0.2, 0) is 4.79 Å². The number of hydrogen-bond donors (Lipinski definition) is 3. The molecule has 3 aromatic rings. The number of carbonyl (C=O) groups is 1. The van der Waals surface area contributed by atoms with Crippen LogP contribution in [0.5, 0.6) is 11.5 Å². The number of ether oxygens (including phenoxy) is 2. The van der Waals surface area contributed by atoms with Crippen molar-refractivity contribution in [2.75, 3.05) is 42.4 Å². The molecule has 0 aliphatic rings. The standard InChI is InChI=1S/C24H28ClN7O4/c1-5-32(6-2)24-29-22(27-17-9-7-15(3)18(25)12-17)28-23(30-24)31-26-13-16-8-10-19(20(11-16)35-4)36-14-21(33)34/h7-13H,5-6,14H2,1-4H3,(H,33,34)(H2,27,28,29,30,31)/b26-13-. The average Bonchev–Trinajstić information content (AvgIpc) is 2.86. The maximum absolute atomic E-state index is 10.7. The lowest BCUT2D eigenvalue weighted by Gasteiger charge is -2.19. The van der Waals surface area contributed by atoms with E-state index in [0.717, 1.165) is 24.3 Å². The van der Waals surface area contributed by atoms with Crippen LogP contribution in [0.25, 0.3) is 0 Å². The lowest BCUT2D eigenvalue weighted by molar-refractivity contribution is -0.139. The molecule has 12 heteroatoms. The summed E-state index contributed by atoms with van der Waals surface area (Å²) < 4.78 is 10.5. The van der Waals surface area contributed by atoms with Crippen LogP contribution >= 0.6 is 11.6 Å². The third kappa shape index (κ3) is 7.19. The van der Waals surface area contributed by atoms with E-state index in [1.54, 1.807) is 30.5 Å². The van der Waals surface area contributed by atoms with Gasteiger partial charge in [-0.3, -0.25) is 0 Å². The van der Waals surface area contributed by atoms with Crippen LogP contribution in [0.15, 0.2) is 41.5 Å². The van der Waals surface area contributed by atoms with Crippen molar-refractivity contribution in [1.29, 1.82) is 0 Å². The van der Waals surface area contributed by atoms with Crippen molar-refractivity contribution in [3.63, 3.8) is 0 Å². The topological polar surface area (TPSA) is 134 Å². The molecule has 2 aromatic carbocycles. The van der Waals surface area contributed by atoms with Crippen LogP contribution in [0.4, 0.5) is 23.5 Å². The number of aryl methyl sites for hydroxylation is 1. The Labute approximate surface area is 214 Å². The SMILES string of the molecule is CCN(CC)c1nc(N/N=C\c2ccc(OCC(=O)O)c(OC)c2)nc(Nc2ccc(C)c(Cl)c2)n1. The number of nitrogens with one attached hydrogen (secondary N) is 2. The number of aliphatic carboxylic acids is 1. The molecule has 36 heavy (non-hydrogen) atoms. The lowest BCUT2D eigenvalue weighted by atomic mass is 10.2. The summed E-state index contributed by atoms with van der Waals surface area (Å²) in [6.07, 6.45) is 1.55. The molecule has 3 N–H and O–H groups in total. The van der Waals surface area contributed by atoms with Gasteiger partial charge in [0.05, 0.1) is 13.3 Å². The molecule has 0 spiro atoms. The highest BCUT2D eigenvalue weighted by molar-refractivity contribution is 6.31. The van der Waals surface area contributed by atoms with Crippen molar-refractivity contribution in [1.82, 2.24) is 15.0 Å². The zero-order chi connectivity index (χ0) is 26.1. The number of hydrogen-bond acceptors (Lipinski definition) is 10. The Bertz CT molecular complexity index is 1240. The number of hydrazone groups is 1. The maximum atomic E-state index is 10.7. The van der Waals surface area contributed by atoms with E-state index in [1.165, 1.54) is 7.11 Å². The molecule has 0 saturated heterocycles. The molecule has 0 atom stereocenters. The molecule has 0 unspecified atom stereocenters. The number of aromatic nitrogens is 3. The molecule has 0 bridgehead atoms. The van der Waals surface area contributed by atoms with E-state index in [9.17, 15) is 4.79 Å². The van der Waals surface area contributed by atoms with E-state index >= 15 is 0 Å². The van der Waals surface area contributed by atoms with Crippen molar-refractivity contribution in [3.05, 3.63) is 52.5 Å². The van der Waals surface area contributed by atoms with Crippen LogP contribution in [0.3, 0.4) is 0 Å². The van der Waals surface area contributed by atoms with Crippen LogP contribution in [0, 0.1) is 6.92 Å². The highest BCUT2D eigenvalue weighted by atomic mass is 35.5. The predicted molar refractivity (Wildman–Crippen MR) is 140 cm³/mol. The molecule has 190 valence electrons. The van der Waals surface area contributed by atoms with E-state index in [-0.39, 0.29) is 5.95 Å². The van der Waals surface area contributed by atoms with E-state index in [2.05, 4.69) is 30.8 Å². The van der Waals surface area contributed by atoms with E-state index < -0.39 is 12.6 Å². The Morgan fingerprint density at radius 2 is 1.86 bits per heavy atom. The minimum absolute atomic E-state index is 0.247. The monoisotopic (exact) mass is 513 g/mol. The van der Waals surface area contributed by atoms with Gasteiger partial charge in [0, 0.05) is 23.8 Å². The first kappa shape index (κ1) is 26.5. The summed E-state index contributed by atoms with van der Waals surface area (Å²) in [5.74, 6) is 0.705. The number of carboxylic acid groups (broad SMARTS) is 1. The molecule has 0 aliphatic heterocycles. The number of carboxylic acids is 1. The number of benzene rings is 2. The molecular weight excluding hydrogens is 486 g/mol.